The van der Waals surface area contributed by atoms with E-state index in [1.54, 1.807) is 14.2 Å². The minimum Gasteiger partial charge on any atom is -0.496 e. The van der Waals surface area contributed by atoms with E-state index in [1.165, 1.54) is 36.1 Å². The zero-order chi connectivity index (χ0) is 19.0. The van der Waals surface area contributed by atoms with E-state index in [9.17, 15) is 0 Å². The van der Waals surface area contributed by atoms with Gasteiger partial charge < -0.3 is 9.47 Å². The number of aryl methyl sites for hydroxylation is 2. The largest absolute Gasteiger partial charge is 0.496 e. The van der Waals surface area contributed by atoms with Crippen LogP contribution < -0.4 is 9.47 Å². The van der Waals surface area contributed by atoms with Gasteiger partial charge in [0.05, 0.1) is 19.9 Å². The molecule has 0 bridgehead atoms. The molecule has 5 nitrogen and oxygen atoms in total. The maximum absolute atomic E-state index is 5.72. The van der Waals surface area contributed by atoms with Crippen molar-refractivity contribution in [3.8, 4) is 11.5 Å². The second kappa shape index (κ2) is 7.12. The number of methoxy groups -OCH3 is 2. The molecule has 27 heavy (non-hydrogen) atoms. The van der Waals surface area contributed by atoms with Gasteiger partial charge in [0.25, 0.3) is 0 Å². The van der Waals surface area contributed by atoms with Crippen LogP contribution in [0, 0.1) is 13.8 Å². The molecule has 2 heterocycles. The number of ether oxygens (including phenoxy) is 2. The number of hydrogen-bond donors (Lipinski definition) is 0. The molecule has 144 valence electrons. The number of benzene rings is 1. The van der Waals surface area contributed by atoms with E-state index in [4.69, 9.17) is 14.5 Å². The number of hydrogen-bond acceptors (Lipinski definition) is 5. The molecule has 2 aromatic rings. The summed E-state index contributed by atoms with van der Waals surface area (Å²) in [4.78, 5) is 11.8. The first-order valence-corrected chi connectivity index (χ1v) is 9.82. The lowest BCUT2D eigenvalue weighted by Gasteiger charge is -2.40. The molecule has 1 saturated heterocycles. The number of rotatable bonds is 4. The highest BCUT2D eigenvalue weighted by molar-refractivity contribution is 5.49. The molecule has 1 aliphatic carbocycles. The maximum Gasteiger partial charge on any atom is 0.129 e. The summed E-state index contributed by atoms with van der Waals surface area (Å²) in [6, 6.07) is 4.19. The van der Waals surface area contributed by atoms with Crippen LogP contribution in [0.5, 0.6) is 11.5 Å². The van der Waals surface area contributed by atoms with Crippen molar-refractivity contribution in [1.82, 2.24) is 14.9 Å². The lowest BCUT2D eigenvalue weighted by Crippen LogP contribution is -2.45. The van der Waals surface area contributed by atoms with Crippen molar-refractivity contribution in [2.75, 3.05) is 27.3 Å². The zero-order valence-electron chi connectivity index (χ0n) is 16.8. The zero-order valence-corrected chi connectivity index (χ0v) is 16.8. The van der Waals surface area contributed by atoms with Gasteiger partial charge in [-0.3, -0.25) is 4.90 Å². The van der Waals surface area contributed by atoms with Crippen LogP contribution in [0.4, 0.5) is 0 Å². The molecule has 1 atom stereocenters. The summed E-state index contributed by atoms with van der Waals surface area (Å²) >= 11 is 0. The van der Waals surface area contributed by atoms with Gasteiger partial charge in [0, 0.05) is 35.8 Å². The summed E-state index contributed by atoms with van der Waals surface area (Å²) in [7, 11) is 3.45. The summed E-state index contributed by atoms with van der Waals surface area (Å²) < 4.78 is 11.2. The van der Waals surface area contributed by atoms with Crippen LogP contribution in [0.3, 0.4) is 0 Å². The number of aromatic nitrogens is 2. The van der Waals surface area contributed by atoms with Gasteiger partial charge in [-0.25, -0.2) is 9.97 Å². The van der Waals surface area contributed by atoms with Gasteiger partial charge in [0.2, 0.25) is 0 Å². The Morgan fingerprint density at radius 2 is 2.00 bits per heavy atom. The summed E-state index contributed by atoms with van der Waals surface area (Å²) in [6.45, 7) is 7.14. The Kier molecular flexibility index (Phi) is 4.81. The van der Waals surface area contributed by atoms with Gasteiger partial charge in [0.1, 0.15) is 17.3 Å². The molecule has 0 radical (unpaired) electrons. The molecule has 1 aromatic carbocycles. The predicted molar refractivity (Wildman–Crippen MR) is 106 cm³/mol. The number of nitrogens with zero attached hydrogens (tertiary/aromatic N) is 3. The van der Waals surface area contributed by atoms with Crippen molar-refractivity contribution in [1.29, 1.82) is 0 Å². The molecule has 1 fully saturated rings. The van der Waals surface area contributed by atoms with Gasteiger partial charge >= 0.3 is 0 Å². The lowest BCUT2D eigenvalue weighted by atomic mass is 9.77. The molecular formula is C22H29N3O2. The number of piperidine rings is 1. The van der Waals surface area contributed by atoms with E-state index >= 15 is 0 Å². The first kappa shape index (κ1) is 18.2. The Morgan fingerprint density at radius 1 is 1.15 bits per heavy atom. The molecule has 0 N–H and O–H groups in total. The van der Waals surface area contributed by atoms with Crippen LogP contribution in [0.1, 0.15) is 47.5 Å². The van der Waals surface area contributed by atoms with Crippen molar-refractivity contribution >= 4 is 0 Å². The quantitative estimate of drug-likeness (QED) is 0.826. The lowest BCUT2D eigenvalue weighted by molar-refractivity contribution is 0.135. The summed E-state index contributed by atoms with van der Waals surface area (Å²) in [5.74, 6) is 2.71. The van der Waals surface area contributed by atoms with Crippen LogP contribution in [0.2, 0.25) is 0 Å². The minimum absolute atomic E-state index is 0.191. The van der Waals surface area contributed by atoms with Gasteiger partial charge in [-0.15, -0.1) is 0 Å². The van der Waals surface area contributed by atoms with Crippen molar-refractivity contribution in [3.05, 3.63) is 46.5 Å². The fourth-order valence-corrected chi connectivity index (χ4v) is 4.99. The van der Waals surface area contributed by atoms with E-state index in [0.717, 1.165) is 48.9 Å². The van der Waals surface area contributed by atoms with Crippen LogP contribution in [0.25, 0.3) is 0 Å². The van der Waals surface area contributed by atoms with Crippen LogP contribution in [-0.4, -0.2) is 42.2 Å². The van der Waals surface area contributed by atoms with E-state index in [2.05, 4.69) is 22.9 Å². The summed E-state index contributed by atoms with van der Waals surface area (Å²) in [6.07, 6.45) is 6.77. The Labute approximate surface area is 161 Å². The van der Waals surface area contributed by atoms with Crippen molar-refractivity contribution in [2.24, 2.45) is 0 Å². The fourth-order valence-electron chi connectivity index (χ4n) is 4.99. The number of fused-ring (bicyclic) bond motifs is 2. The second-order valence-electron chi connectivity index (χ2n) is 7.97. The predicted octanol–water partition coefficient (Wildman–Crippen LogP) is 3.59. The monoisotopic (exact) mass is 367 g/mol. The Hall–Kier alpha value is -2.14. The third kappa shape index (κ3) is 3.18. The molecule has 1 aliphatic heterocycles. The van der Waals surface area contributed by atoms with Crippen molar-refractivity contribution in [3.63, 3.8) is 0 Å². The van der Waals surface area contributed by atoms with Crippen LogP contribution in [0.15, 0.2) is 18.3 Å². The minimum atomic E-state index is 0.191. The van der Waals surface area contributed by atoms with Crippen molar-refractivity contribution in [2.45, 2.75) is 51.5 Å². The molecule has 1 unspecified atom stereocenters. The smallest absolute Gasteiger partial charge is 0.129 e. The van der Waals surface area contributed by atoms with Crippen LogP contribution in [-0.2, 0) is 18.4 Å². The van der Waals surface area contributed by atoms with Gasteiger partial charge in [-0.1, -0.05) is 6.07 Å². The topological polar surface area (TPSA) is 47.5 Å². The van der Waals surface area contributed by atoms with Gasteiger partial charge in [-0.2, -0.15) is 0 Å². The Morgan fingerprint density at radius 3 is 2.78 bits per heavy atom. The highest BCUT2D eigenvalue weighted by Gasteiger charge is 2.43. The molecule has 0 amide bonds. The van der Waals surface area contributed by atoms with Crippen LogP contribution >= 0.6 is 0 Å². The Balaban J connectivity index is 1.59. The molecule has 0 saturated carbocycles. The molecule has 2 aliphatic rings. The maximum atomic E-state index is 5.72. The van der Waals surface area contributed by atoms with E-state index in [-0.39, 0.29) is 5.41 Å². The Bertz CT molecular complexity index is 848. The average Bonchev–Trinajstić information content (AvgIpc) is 2.99. The summed E-state index contributed by atoms with van der Waals surface area (Å²) in [5, 5.41) is 0. The molecular weight excluding hydrogens is 338 g/mol. The second-order valence-corrected chi connectivity index (χ2v) is 7.97. The number of likely N-dealkylation sites (tertiary alicyclic amines) is 1. The van der Waals surface area contributed by atoms with Crippen molar-refractivity contribution < 1.29 is 9.47 Å². The SMILES string of the molecule is COc1ccc(CN2CCCC3(CCc4cnc(C)nc43)C2)c(OC)c1C. The normalized spacial score (nSPS) is 22.1. The molecule has 1 aromatic heterocycles. The van der Waals surface area contributed by atoms with Gasteiger partial charge in [-0.05, 0) is 57.7 Å². The third-order valence-electron chi connectivity index (χ3n) is 6.27. The first-order valence-electron chi connectivity index (χ1n) is 9.82. The summed E-state index contributed by atoms with van der Waals surface area (Å²) in [5.41, 5.74) is 5.14. The van der Waals surface area contributed by atoms with Gasteiger partial charge in [0.15, 0.2) is 0 Å². The highest BCUT2D eigenvalue weighted by atomic mass is 16.5. The fraction of sp³-hybridized carbons (Fsp3) is 0.545. The third-order valence-corrected chi connectivity index (χ3v) is 6.27. The first-order chi connectivity index (χ1) is 13.1. The molecule has 5 heteroatoms. The van der Waals surface area contributed by atoms with E-state index < -0.39 is 0 Å². The average molecular weight is 367 g/mol. The van der Waals surface area contributed by atoms with E-state index in [1.807, 2.05) is 19.2 Å². The molecule has 1 spiro atoms. The standard InChI is InChI=1S/C22H29N3O2/c1-15-19(26-3)7-6-18(20(15)27-4)13-25-11-5-9-22(14-25)10-8-17-12-23-16(2)24-21(17)22/h6-7,12H,5,8-11,13-14H2,1-4H3. The molecule has 4 rings (SSSR count). The highest BCUT2D eigenvalue weighted by Crippen LogP contribution is 2.44. The van der Waals surface area contributed by atoms with E-state index in [0.29, 0.717) is 0 Å².